The number of carbonyl (C=O) groups excluding carboxylic acids is 1. The van der Waals surface area contributed by atoms with Crippen LogP contribution in [0.15, 0.2) is 22.7 Å². The number of nitrogens with zero attached hydrogens (tertiary/aromatic N) is 1. The average Bonchev–Trinajstić information content (AvgIpc) is 2.31. The Morgan fingerprint density at radius 1 is 1.53 bits per heavy atom. The maximum absolute atomic E-state index is 11.3. The first kappa shape index (κ1) is 14.3. The van der Waals surface area contributed by atoms with Gasteiger partial charge in [0.25, 0.3) is 0 Å². The minimum Gasteiger partial charge on any atom is -0.376 e. The third-order valence-electron chi connectivity index (χ3n) is 1.93. The number of rotatable bonds is 5. The van der Waals surface area contributed by atoms with Crippen LogP contribution in [0.5, 0.6) is 0 Å². The van der Waals surface area contributed by atoms with Crippen LogP contribution in [-0.2, 0) is 4.79 Å². The van der Waals surface area contributed by atoms with Crippen molar-refractivity contribution in [1.82, 2.24) is 5.32 Å². The molecule has 1 rings (SSSR count). The molecule has 0 unspecified atom stereocenters. The quantitative estimate of drug-likeness (QED) is 0.582. The molecule has 0 atom stereocenters. The molecule has 0 bridgehead atoms. The molecular weight excluding hydrogens is 397 g/mol. The van der Waals surface area contributed by atoms with E-state index >= 15 is 0 Å². The first-order valence-corrected chi connectivity index (χ1v) is 6.83. The highest BCUT2D eigenvalue weighted by atomic mass is 127. The molecule has 6 heteroatoms. The van der Waals surface area contributed by atoms with E-state index in [0.717, 1.165) is 13.7 Å². The number of nitrogens with one attached hydrogen (secondary N) is 2. The van der Waals surface area contributed by atoms with Crippen LogP contribution < -0.4 is 10.6 Å². The predicted octanol–water partition coefficient (Wildman–Crippen LogP) is 2.50. The highest BCUT2D eigenvalue weighted by molar-refractivity contribution is 14.1. The highest BCUT2D eigenvalue weighted by Gasteiger charge is 2.02. The molecule has 0 saturated heterocycles. The van der Waals surface area contributed by atoms with Gasteiger partial charge in [0.05, 0.1) is 19.0 Å². The Morgan fingerprint density at radius 3 is 2.94 bits per heavy atom. The zero-order valence-electron chi connectivity index (χ0n) is 8.96. The minimum absolute atomic E-state index is 0.113. The Hall–Kier alpha value is -0.810. The van der Waals surface area contributed by atoms with E-state index in [4.69, 9.17) is 5.26 Å². The van der Waals surface area contributed by atoms with Crippen molar-refractivity contribution in [1.29, 1.82) is 5.26 Å². The molecule has 0 fully saturated rings. The molecule has 0 aromatic heterocycles. The van der Waals surface area contributed by atoms with Gasteiger partial charge in [0.1, 0.15) is 0 Å². The number of nitriles is 1. The van der Waals surface area contributed by atoms with Gasteiger partial charge in [0.15, 0.2) is 0 Å². The summed E-state index contributed by atoms with van der Waals surface area (Å²) in [7, 11) is 0. The molecule has 0 radical (unpaired) electrons. The van der Waals surface area contributed by atoms with Crippen LogP contribution in [0, 0.1) is 14.9 Å². The number of hydrogen-bond acceptors (Lipinski definition) is 3. The number of hydrogen-bond donors (Lipinski definition) is 2. The highest BCUT2D eigenvalue weighted by Crippen LogP contribution is 2.22. The summed E-state index contributed by atoms with van der Waals surface area (Å²) in [5.41, 5.74) is 0.896. The van der Waals surface area contributed by atoms with Gasteiger partial charge >= 0.3 is 0 Å². The van der Waals surface area contributed by atoms with Crippen molar-refractivity contribution in [2.45, 2.75) is 6.42 Å². The van der Waals surface area contributed by atoms with Crippen LogP contribution in [-0.4, -0.2) is 19.0 Å². The van der Waals surface area contributed by atoms with Gasteiger partial charge in [-0.3, -0.25) is 4.79 Å². The van der Waals surface area contributed by atoms with Gasteiger partial charge in [0, 0.05) is 20.3 Å². The zero-order valence-corrected chi connectivity index (χ0v) is 12.7. The normalized spacial score (nSPS) is 9.47. The van der Waals surface area contributed by atoms with Gasteiger partial charge in [-0.2, -0.15) is 5.26 Å². The second kappa shape index (κ2) is 7.50. The smallest absolute Gasteiger partial charge is 0.239 e. The van der Waals surface area contributed by atoms with Crippen LogP contribution in [0.4, 0.5) is 5.69 Å². The molecule has 2 N–H and O–H groups in total. The standard InChI is InChI=1S/C11H11BrIN3O/c12-9-3-2-8(6-10(9)13)16-7-11(17)15-5-1-4-14/h2-3,6,16H,1,5,7H2,(H,15,17). The third kappa shape index (κ3) is 5.37. The number of benzene rings is 1. The van der Waals surface area contributed by atoms with Gasteiger partial charge in [-0.15, -0.1) is 0 Å². The fraction of sp³-hybridized carbons (Fsp3) is 0.273. The second-order valence-electron chi connectivity index (χ2n) is 3.24. The summed E-state index contributed by atoms with van der Waals surface area (Å²) >= 11 is 5.62. The van der Waals surface area contributed by atoms with E-state index in [1.54, 1.807) is 0 Å². The van der Waals surface area contributed by atoms with E-state index in [1.807, 2.05) is 24.3 Å². The lowest BCUT2D eigenvalue weighted by molar-refractivity contribution is -0.119. The molecule has 0 saturated carbocycles. The fourth-order valence-corrected chi connectivity index (χ4v) is 1.87. The molecule has 4 nitrogen and oxygen atoms in total. The van der Waals surface area contributed by atoms with E-state index in [9.17, 15) is 4.79 Å². The summed E-state index contributed by atoms with van der Waals surface area (Å²) in [4.78, 5) is 11.3. The summed E-state index contributed by atoms with van der Waals surface area (Å²) in [6, 6.07) is 7.75. The van der Waals surface area contributed by atoms with Crippen molar-refractivity contribution in [2.75, 3.05) is 18.4 Å². The van der Waals surface area contributed by atoms with Crippen molar-refractivity contribution in [3.63, 3.8) is 0 Å². The summed E-state index contributed by atoms with van der Waals surface area (Å²) < 4.78 is 2.11. The van der Waals surface area contributed by atoms with E-state index < -0.39 is 0 Å². The SMILES string of the molecule is N#CCCNC(=O)CNc1ccc(Br)c(I)c1. The van der Waals surface area contributed by atoms with Crippen LogP contribution >= 0.6 is 38.5 Å². The van der Waals surface area contributed by atoms with Gasteiger partial charge in [-0.1, -0.05) is 0 Å². The maximum atomic E-state index is 11.3. The monoisotopic (exact) mass is 407 g/mol. The van der Waals surface area contributed by atoms with E-state index in [-0.39, 0.29) is 12.5 Å². The van der Waals surface area contributed by atoms with Crippen molar-refractivity contribution in [3.05, 3.63) is 26.2 Å². The molecule has 0 aliphatic heterocycles. The molecule has 0 aliphatic rings. The van der Waals surface area contributed by atoms with E-state index in [0.29, 0.717) is 13.0 Å². The molecule has 1 amide bonds. The minimum atomic E-state index is -0.113. The lowest BCUT2D eigenvalue weighted by Gasteiger charge is -2.07. The summed E-state index contributed by atoms with van der Waals surface area (Å²) in [6.45, 7) is 0.609. The Labute approximate surface area is 122 Å². The number of amides is 1. The van der Waals surface area contributed by atoms with Crippen molar-refractivity contribution in [3.8, 4) is 6.07 Å². The predicted molar refractivity (Wildman–Crippen MR) is 78.6 cm³/mol. The first-order chi connectivity index (χ1) is 8.13. The fourth-order valence-electron chi connectivity index (χ4n) is 1.11. The van der Waals surface area contributed by atoms with Crippen LogP contribution in [0.1, 0.15) is 6.42 Å². The number of anilines is 1. The van der Waals surface area contributed by atoms with Crippen molar-refractivity contribution < 1.29 is 4.79 Å². The Balaban J connectivity index is 2.37. The number of carbonyl (C=O) groups is 1. The van der Waals surface area contributed by atoms with Gasteiger partial charge < -0.3 is 10.6 Å². The molecule has 0 spiro atoms. The lowest BCUT2D eigenvalue weighted by Crippen LogP contribution is -2.30. The third-order valence-corrected chi connectivity index (χ3v) is 4.26. The first-order valence-electron chi connectivity index (χ1n) is 4.96. The van der Waals surface area contributed by atoms with Crippen LogP contribution in [0.25, 0.3) is 0 Å². The molecule has 1 aromatic rings. The van der Waals surface area contributed by atoms with Gasteiger partial charge in [-0.25, -0.2) is 0 Å². The Kier molecular flexibility index (Phi) is 6.29. The lowest BCUT2D eigenvalue weighted by atomic mass is 10.3. The summed E-state index contributed by atoms with van der Waals surface area (Å²) in [6.07, 6.45) is 0.335. The molecule has 0 heterocycles. The zero-order chi connectivity index (χ0) is 12.7. The second-order valence-corrected chi connectivity index (χ2v) is 5.26. The van der Waals surface area contributed by atoms with Gasteiger partial charge in [0.2, 0.25) is 5.91 Å². The Bertz CT molecular complexity index is 445. The van der Waals surface area contributed by atoms with Gasteiger partial charge in [-0.05, 0) is 56.7 Å². The van der Waals surface area contributed by atoms with Crippen molar-refractivity contribution >= 4 is 50.1 Å². The number of halogens is 2. The molecule has 17 heavy (non-hydrogen) atoms. The van der Waals surface area contributed by atoms with Crippen LogP contribution in [0.2, 0.25) is 0 Å². The Morgan fingerprint density at radius 2 is 2.29 bits per heavy atom. The average molecular weight is 408 g/mol. The van der Waals surface area contributed by atoms with Crippen LogP contribution in [0.3, 0.4) is 0 Å². The maximum Gasteiger partial charge on any atom is 0.239 e. The summed E-state index contributed by atoms with van der Waals surface area (Å²) in [5.74, 6) is -0.113. The molecular formula is C11H11BrIN3O. The summed E-state index contributed by atoms with van der Waals surface area (Å²) in [5, 5.41) is 14.0. The van der Waals surface area contributed by atoms with E-state index in [1.165, 1.54) is 0 Å². The topological polar surface area (TPSA) is 64.9 Å². The molecule has 0 aliphatic carbocycles. The molecule has 1 aromatic carbocycles. The largest absolute Gasteiger partial charge is 0.376 e. The van der Waals surface area contributed by atoms with E-state index in [2.05, 4.69) is 49.2 Å². The van der Waals surface area contributed by atoms with Crippen molar-refractivity contribution in [2.24, 2.45) is 0 Å². The molecule has 90 valence electrons.